The third kappa shape index (κ3) is 3.81. The predicted octanol–water partition coefficient (Wildman–Crippen LogP) is 1.16. The van der Waals surface area contributed by atoms with Gasteiger partial charge in [0.15, 0.2) is 5.41 Å². The van der Waals surface area contributed by atoms with Crippen LogP contribution in [-0.2, 0) is 23.8 Å². The molecule has 5 heteroatoms. The van der Waals surface area contributed by atoms with E-state index in [2.05, 4.69) is 0 Å². The molecule has 0 rings (SSSR count). The minimum Gasteiger partial charge on any atom is -0.465 e. The minimum atomic E-state index is -1.28. The van der Waals surface area contributed by atoms with Crippen molar-refractivity contribution in [1.29, 1.82) is 0 Å². The van der Waals surface area contributed by atoms with E-state index in [0.717, 1.165) is 0 Å². The molecule has 0 saturated heterocycles. The van der Waals surface area contributed by atoms with Crippen LogP contribution in [0, 0.1) is 5.41 Å². The second kappa shape index (κ2) is 7.22. The van der Waals surface area contributed by atoms with Crippen molar-refractivity contribution in [3.63, 3.8) is 0 Å². The molecule has 0 aliphatic heterocycles. The summed E-state index contributed by atoms with van der Waals surface area (Å²) >= 11 is 0. The largest absolute Gasteiger partial charge is 0.465 e. The molecular formula is C11H20O5. The van der Waals surface area contributed by atoms with E-state index in [4.69, 9.17) is 14.2 Å². The van der Waals surface area contributed by atoms with E-state index in [1.54, 1.807) is 13.8 Å². The third-order valence-corrected chi connectivity index (χ3v) is 2.26. The molecule has 0 spiro atoms. The second-order valence-electron chi connectivity index (χ2n) is 3.52. The Hall–Kier alpha value is -1.10. The van der Waals surface area contributed by atoms with Gasteiger partial charge in [0.1, 0.15) is 0 Å². The van der Waals surface area contributed by atoms with Gasteiger partial charge < -0.3 is 14.2 Å². The fraction of sp³-hybridized carbons (Fsp3) is 0.818. The molecule has 0 radical (unpaired) electrons. The van der Waals surface area contributed by atoms with Crippen molar-refractivity contribution in [2.24, 2.45) is 5.41 Å². The highest BCUT2D eigenvalue weighted by Gasteiger charge is 2.43. The molecule has 5 nitrogen and oxygen atoms in total. The zero-order valence-corrected chi connectivity index (χ0v) is 10.4. The highest BCUT2D eigenvalue weighted by Crippen LogP contribution is 2.25. The van der Waals surface area contributed by atoms with Crippen molar-refractivity contribution >= 4 is 11.9 Å². The van der Waals surface area contributed by atoms with Crippen molar-refractivity contribution in [3.05, 3.63) is 0 Å². The van der Waals surface area contributed by atoms with Crippen LogP contribution in [-0.4, -0.2) is 38.9 Å². The average Bonchev–Trinajstić information content (AvgIpc) is 2.26. The first-order chi connectivity index (χ1) is 7.52. The van der Waals surface area contributed by atoms with Crippen LogP contribution in [0.4, 0.5) is 0 Å². The quantitative estimate of drug-likeness (QED) is 0.487. The zero-order chi connectivity index (χ0) is 12.6. The lowest BCUT2D eigenvalue weighted by Crippen LogP contribution is -2.40. The Bertz CT molecular complexity index is 219. The van der Waals surface area contributed by atoms with Crippen LogP contribution >= 0.6 is 0 Å². The van der Waals surface area contributed by atoms with Gasteiger partial charge in [0.05, 0.1) is 13.2 Å². The van der Waals surface area contributed by atoms with Gasteiger partial charge in [0.2, 0.25) is 0 Å². The van der Waals surface area contributed by atoms with Crippen molar-refractivity contribution in [1.82, 2.24) is 0 Å². The van der Waals surface area contributed by atoms with Crippen LogP contribution in [0.1, 0.15) is 27.2 Å². The van der Waals surface area contributed by atoms with E-state index in [9.17, 15) is 9.59 Å². The summed E-state index contributed by atoms with van der Waals surface area (Å²) < 4.78 is 14.6. The third-order valence-electron chi connectivity index (χ3n) is 2.26. The maximum atomic E-state index is 11.7. The summed E-state index contributed by atoms with van der Waals surface area (Å²) in [5, 5.41) is 0. The van der Waals surface area contributed by atoms with Crippen molar-refractivity contribution in [2.75, 3.05) is 26.9 Å². The summed E-state index contributed by atoms with van der Waals surface area (Å²) in [6, 6.07) is 0. The number of hydrogen-bond donors (Lipinski definition) is 0. The van der Waals surface area contributed by atoms with E-state index in [0.29, 0.717) is 6.61 Å². The Morgan fingerprint density at radius 3 is 1.81 bits per heavy atom. The molecule has 0 bridgehead atoms. The van der Waals surface area contributed by atoms with Gasteiger partial charge in [0.25, 0.3) is 0 Å². The van der Waals surface area contributed by atoms with E-state index < -0.39 is 17.4 Å². The highest BCUT2D eigenvalue weighted by molar-refractivity contribution is 5.99. The Kier molecular flexibility index (Phi) is 6.72. The lowest BCUT2D eigenvalue weighted by molar-refractivity contribution is -0.172. The Balaban J connectivity index is 4.71. The number of esters is 2. The molecule has 0 aromatic rings. The number of methoxy groups -OCH3 is 1. The van der Waals surface area contributed by atoms with E-state index in [1.165, 1.54) is 14.0 Å². The van der Waals surface area contributed by atoms with Gasteiger partial charge in [-0.3, -0.25) is 9.59 Å². The molecule has 0 amide bonds. The summed E-state index contributed by atoms with van der Waals surface area (Å²) in [7, 11) is 1.51. The van der Waals surface area contributed by atoms with Crippen LogP contribution < -0.4 is 0 Å². The first-order valence-electron chi connectivity index (χ1n) is 5.36. The molecule has 0 fully saturated rings. The van der Waals surface area contributed by atoms with Gasteiger partial charge in [-0.05, 0) is 27.2 Å². The van der Waals surface area contributed by atoms with Gasteiger partial charge in [0, 0.05) is 13.7 Å². The fourth-order valence-electron chi connectivity index (χ4n) is 1.17. The zero-order valence-electron chi connectivity index (χ0n) is 10.4. The van der Waals surface area contributed by atoms with Gasteiger partial charge >= 0.3 is 11.9 Å². The molecule has 0 aliphatic rings. The second-order valence-corrected chi connectivity index (χ2v) is 3.52. The molecule has 0 aliphatic carbocycles. The Labute approximate surface area is 96.1 Å². The summed E-state index contributed by atoms with van der Waals surface area (Å²) in [4.78, 5) is 23.4. The van der Waals surface area contributed by atoms with Crippen molar-refractivity contribution in [2.45, 2.75) is 27.2 Å². The van der Waals surface area contributed by atoms with Crippen LogP contribution in [0.25, 0.3) is 0 Å². The van der Waals surface area contributed by atoms with Gasteiger partial charge in [-0.2, -0.15) is 0 Å². The molecule has 0 saturated carbocycles. The smallest absolute Gasteiger partial charge is 0.323 e. The van der Waals surface area contributed by atoms with Gasteiger partial charge in [-0.25, -0.2) is 0 Å². The molecular weight excluding hydrogens is 212 g/mol. The maximum absolute atomic E-state index is 11.7. The van der Waals surface area contributed by atoms with E-state index >= 15 is 0 Å². The number of carbonyl (C=O) groups is 2. The number of hydrogen-bond acceptors (Lipinski definition) is 5. The van der Waals surface area contributed by atoms with Crippen LogP contribution in [0.5, 0.6) is 0 Å². The summed E-state index contributed by atoms with van der Waals surface area (Å²) in [5.74, 6) is -1.13. The Morgan fingerprint density at radius 2 is 1.50 bits per heavy atom. The number of rotatable bonds is 7. The van der Waals surface area contributed by atoms with Gasteiger partial charge in [-0.15, -0.1) is 0 Å². The fourth-order valence-corrected chi connectivity index (χ4v) is 1.17. The SMILES string of the molecule is CCOC(=O)C(C)(CCOC)C(=O)OCC. The molecule has 0 atom stereocenters. The molecule has 0 heterocycles. The Morgan fingerprint density at radius 1 is 1.06 bits per heavy atom. The standard InChI is InChI=1S/C11H20O5/c1-5-15-9(12)11(3,7-8-14-4)10(13)16-6-2/h5-8H2,1-4H3. The molecule has 16 heavy (non-hydrogen) atoms. The topological polar surface area (TPSA) is 61.8 Å². The van der Waals surface area contributed by atoms with Gasteiger partial charge in [-0.1, -0.05) is 0 Å². The molecule has 0 N–H and O–H groups in total. The number of carbonyl (C=O) groups excluding carboxylic acids is 2. The molecule has 0 aromatic carbocycles. The van der Waals surface area contributed by atoms with Crippen molar-refractivity contribution < 1.29 is 23.8 Å². The van der Waals surface area contributed by atoms with Crippen LogP contribution in [0.3, 0.4) is 0 Å². The van der Waals surface area contributed by atoms with E-state index in [1.807, 2.05) is 0 Å². The van der Waals surface area contributed by atoms with Crippen LogP contribution in [0.2, 0.25) is 0 Å². The van der Waals surface area contributed by atoms with E-state index in [-0.39, 0.29) is 19.6 Å². The van der Waals surface area contributed by atoms with Crippen LogP contribution in [0.15, 0.2) is 0 Å². The van der Waals surface area contributed by atoms with Crippen molar-refractivity contribution in [3.8, 4) is 0 Å². The summed E-state index contributed by atoms with van der Waals surface area (Å²) in [5.41, 5.74) is -1.28. The summed E-state index contributed by atoms with van der Waals surface area (Å²) in [6.45, 7) is 5.68. The molecule has 0 unspecified atom stereocenters. The maximum Gasteiger partial charge on any atom is 0.323 e. The monoisotopic (exact) mass is 232 g/mol. The first-order valence-corrected chi connectivity index (χ1v) is 5.36. The first kappa shape index (κ1) is 14.9. The highest BCUT2D eigenvalue weighted by atomic mass is 16.6. The molecule has 94 valence electrons. The average molecular weight is 232 g/mol. The summed E-state index contributed by atoms with van der Waals surface area (Å²) in [6.07, 6.45) is 0.251. The lowest BCUT2D eigenvalue weighted by Gasteiger charge is -2.24. The lowest BCUT2D eigenvalue weighted by atomic mass is 9.87. The number of ether oxygens (including phenoxy) is 3. The predicted molar refractivity (Wildman–Crippen MR) is 57.9 cm³/mol. The normalized spacial score (nSPS) is 11.0. The molecule has 0 aromatic heterocycles. The minimum absolute atomic E-state index is 0.237.